The number of amides is 1. The number of unbranched alkanes of at least 4 members (excludes halogenated alkanes) is 2. The Morgan fingerprint density at radius 1 is 1.42 bits per heavy atom. The molecule has 0 heterocycles. The first-order valence-electron chi connectivity index (χ1n) is 4.18. The minimum Gasteiger partial charge on any atom is -0.352 e. The summed E-state index contributed by atoms with van der Waals surface area (Å²) in [4.78, 5) is 10.9. The summed E-state index contributed by atoms with van der Waals surface area (Å²) in [7, 11) is 0. The molecule has 1 amide bonds. The second-order valence-electron chi connectivity index (χ2n) is 2.79. The summed E-state index contributed by atoms with van der Waals surface area (Å²) in [6.07, 6.45) is 3.08. The highest BCUT2D eigenvalue weighted by Gasteiger charge is 1.98. The molecule has 0 saturated heterocycles. The van der Waals surface area contributed by atoms with Crippen LogP contribution < -0.4 is 5.32 Å². The van der Waals surface area contributed by atoms with Gasteiger partial charge in [-0.2, -0.15) is 0 Å². The first-order chi connectivity index (χ1) is 5.68. The molecular weight excluding hydrogens is 174 g/mol. The molecule has 1 N–H and O–H groups in total. The van der Waals surface area contributed by atoms with Crippen LogP contribution in [0.5, 0.6) is 0 Å². The van der Waals surface area contributed by atoms with Gasteiger partial charge >= 0.3 is 0 Å². The number of halogens is 1. The number of rotatable bonds is 6. The third-order valence-corrected chi connectivity index (χ3v) is 1.75. The maximum Gasteiger partial charge on any atom is 0.246 e. The molecule has 0 rings (SSSR count). The van der Waals surface area contributed by atoms with Gasteiger partial charge in [-0.05, 0) is 19.8 Å². The first kappa shape index (κ1) is 11.5. The van der Waals surface area contributed by atoms with Crippen LogP contribution in [0.2, 0.25) is 0 Å². The van der Waals surface area contributed by atoms with Crippen molar-refractivity contribution in [1.82, 2.24) is 5.32 Å². The highest BCUT2D eigenvalue weighted by molar-refractivity contribution is 6.17. The van der Waals surface area contributed by atoms with Crippen LogP contribution in [0.1, 0.15) is 26.2 Å². The summed E-state index contributed by atoms with van der Waals surface area (Å²) in [6.45, 7) is 5.96. The topological polar surface area (TPSA) is 29.1 Å². The molecule has 0 aliphatic carbocycles. The first-order valence-corrected chi connectivity index (χ1v) is 4.71. The zero-order chi connectivity index (χ0) is 9.40. The number of alkyl halides is 1. The minimum atomic E-state index is -0.0547. The summed E-state index contributed by atoms with van der Waals surface area (Å²) in [6, 6.07) is 0. The largest absolute Gasteiger partial charge is 0.352 e. The van der Waals surface area contributed by atoms with Crippen LogP contribution in [0.4, 0.5) is 0 Å². The van der Waals surface area contributed by atoms with Gasteiger partial charge in [-0.3, -0.25) is 4.79 Å². The fourth-order valence-electron chi connectivity index (χ4n) is 0.749. The van der Waals surface area contributed by atoms with Crippen molar-refractivity contribution in [2.75, 3.05) is 12.4 Å². The molecule has 2 nitrogen and oxygen atoms in total. The normalized spacial score (nSPS) is 9.50. The van der Waals surface area contributed by atoms with Crippen LogP contribution in [0.3, 0.4) is 0 Å². The van der Waals surface area contributed by atoms with Crippen molar-refractivity contribution >= 4 is 17.5 Å². The van der Waals surface area contributed by atoms with Gasteiger partial charge in [0.25, 0.3) is 0 Å². The maximum atomic E-state index is 10.9. The number of hydrogen-bond donors (Lipinski definition) is 1. The molecule has 0 aromatic heterocycles. The van der Waals surface area contributed by atoms with E-state index in [-0.39, 0.29) is 5.91 Å². The van der Waals surface area contributed by atoms with E-state index < -0.39 is 0 Å². The quantitative estimate of drug-likeness (QED) is 0.387. The molecule has 0 saturated carbocycles. The highest BCUT2D eigenvalue weighted by atomic mass is 35.5. The van der Waals surface area contributed by atoms with Gasteiger partial charge in [-0.15, -0.1) is 11.6 Å². The third-order valence-electron chi connectivity index (χ3n) is 1.48. The monoisotopic (exact) mass is 189 g/mol. The van der Waals surface area contributed by atoms with Crippen LogP contribution >= 0.6 is 11.6 Å². The van der Waals surface area contributed by atoms with Gasteiger partial charge in [0, 0.05) is 18.0 Å². The van der Waals surface area contributed by atoms with E-state index in [1.54, 1.807) is 6.92 Å². The second kappa shape index (κ2) is 7.17. The van der Waals surface area contributed by atoms with Crippen LogP contribution in [0.15, 0.2) is 12.2 Å². The number of nitrogens with one attached hydrogen (secondary N) is 1. The molecule has 0 fully saturated rings. The van der Waals surface area contributed by atoms with Gasteiger partial charge in [0.2, 0.25) is 5.91 Å². The van der Waals surface area contributed by atoms with Crippen LogP contribution in [-0.4, -0.2) is 18.3 Å². The van der Waals surface area contributed by atoms with Crippen molar-refractivity contribution in [3.8, 4) is 0 Å². The van der Waals surface area contributed by atoms with Crippen molar-refractivity contribution in [3.05, 3.63) is 12.2 Å². The lowest BCUT2D eigenvalue weighted by Crippen LogP contribution is -2.24. The van der Waals surface area contributed by atoms with E-state index in [0.29, 0.717) is 11.5 Å². The predicted molar refractivity (Wildman–Crippen MR) is 52.4 cm³/mol. The number of carbonyl (C=O) groups excluding carboxylic acids is 1. The molecule has 0 bridgehead atoms. The standard InChI is InChI=1S/C9H16ClNO/c1-8(2)9(12)11-7-5-3-4-6-10/h1,3-7H2,2H3,(H,11,12). The van der Waals surface area contributed by atoms with Crippen LogP contribution in [0.25, 0.3) is 0 Å². The summed E-state index contributed by atoms with van der Waals surface area (Å²) in [5.74, 6) is 0.648. The Hall–Kier alpha value is -0.500. The molecule has 12 heavy (non-hydrogen) atoms. The Balaban J connectivity index is 3.20. The molecule has 0 atom stereocenters. The molecule has 70 valence electrons. The fourth-order valence-corrected chi connectivity index (χ4v) is 0.938. The zero-order valence-corrected chi connectivity index (χ0v) is 8.28. The molecule has 0 aromatic carbocycles. The van der Waals surface area contributed by atoms with Crippen molar-refractivity contribution < 1.29 is 4.79 Å². The highest BCUT2D eigenvalue weighted by Crippen LogP contribution is 1.96. The number of carbonyl (C=O) groups is 1. The molecular formula is C9H16ClNO. The Kier molecular flexibility index (Phi) is 6.87. The average Bonchev–Trinajstić information content (AvgIpc) is 2.03. The van der Waals surface area contributed by atoms with E-state index in [9.17, 15) is 4.79 Å². The Labute approximate surface area is 79.0 Å². The van der Waals surface area contributed by atoms with Crippen LogP contribution in [-0.2, 0) is 4.79 Å². The van der Waals surface area contributed by atoms with Crippen LogP contribution in [0, 0.1) is 0 Å². The fraction of sp³-hybridized carbons (Fsp3) is 0.667. The van der Waals surface area contributed by atoms with E-state index in [0.717, 1.165) is 25.8 Å². The van der Waals surface area contributed by atoms with E-state index >= 15 is 0 Å². The van der Waals surface area contributed by atoms with Crippen molar-refractivity contribution in [2.24, 2.45) is 0 Å². The van der Waals surface area contributed by atoms with Gasteiger partial charge in [0.15, 0.2) is 0 Å². The van der Waals surface area contributed by atoms with E-state index in [1.165, 1.54) is 0 Å². The van der Waals surface area contributed by atoms with Gasteiger partial charge in [0.05, 0.1) is 0 Å². The molecule has 0 unspecified atom stereocenters. The minimum absolute atomic E-state index is 0.0547. The molecule has 0 aliphatic rings. The average molecular weight is 190 g/mol. The molecule has 3 heteroatoms. The van der Waals surface area contributed by atoms with Crippen molar-refractivity contribution in [3.63, 3.8) is 0 Å². The molecule has 0 radical (unpaired) electrons. The SMILES string of the molecule is C=C(C)C(=O)NCCCCCCl. The number of hydrogen-bond acceptors (Lipinski definition) is 1. The molecule has 0 aliphatic heterocycles. The summed E-state index contributed by atoms with van der Waals surface area (Å²) >= 11 is 5.49. The second-order valence-corrected chi connectivity index (χ2v) is 3.16. The smallest absolute Gasteiger partial charge is 0.246 e. The van der Waals surface area contributed by atoms with E-state index in [1.807, 2.05) is 0 Å². The Morgan fingerprint density at radius 2 is 2.08 bits per heavy atom. The van der Waals surface area contributed by atoms with Crippen molar-refractivity contribution in [2.45, 2.75) is 26.2 Å². The summed E-state index contributed by atoms with van der Waals surface area (Å²) in [5.41, 5.74) is 0.562. The zero-order valence-electron chi connectivity index (χ0n) is 7.53. The molecule has 0 aromatic rings. The van der Waals surface area contributed by atoms with Gasteiger partial charge in [-0.1, -0.05) is 13.0 Å². The Bertz CT molecular complexity index is 157. The predicted octanol–water partition coefficient (Wildman–Crippen LogP) is 2.09. The lowest BCUT2D eigenvalue weighted by atomic mass is 10.2. The summed E-state index contributed by atoms with van der Waals surface area (Å²) < 4.78 is 0. The van der Waals surface area contributed by atoms with E-state index in [4.69, 9.17) is 11.6 Å². The maximum absolute atomic E-state index is 10.9. The lowest BCUT2D eigenvalue weighted by molar-refractivity contribution is -0.117. The molecule has 0 spiro atoms. The van der Waals surface area contributed by atoms with E-state index in [2.05, 4.69) is 11.9 Å². The van der Waals surface area contributed by atoms with Gasteiger partial charge in [0.1, 0.15) is 0 Å². The van der Waals surface area contributed by atoms with Crippen molar-refractivity contribution in [1.29, 1.82) is 0 Å². The third kappa shape index (κ3) is 6.23. The van der Waals surface area contributed by atoms with Gasteiger partial charge < -0.3 is 5.32 Å². The summed E-state index contributed by atoms with van der Waals surface area (Å²) in [5, 5.41) is 2.76. The van der Waals surface area contributed by atoms with Gasteiger partial charge in [-0.25, -0.2) is 0 Å². The lowest BCUT2D eigenvalue weighted by Gasteiger charge is -2.02. The Morgan fingerprint density at radius 3 is 2.58 bits per heavy atom.